The molecule has 3 aromatic rings. The zero-order valence-corrected chi connectivity index (χ0v) is 14.4. The molecule has 3 aromatic heterocycles. The van der Waals surface area contributed by atoms with Gasteiger partial charge in [0.1, 0.15) is 0 Å². The predicted octanol–water partition coefficient (Wildman–Crippen LogP) is 3.67. The Morgan fingerprint density at radius 2 is 1.35 bits per heavy atom. The highest BCUT2D eigenvalue weighted by Gasteiger charge is 2.31. The summed E-state index contributed by atoms with van der Waals surface area (Å²) in [5.41, 5.74) is 0. The third-order valence-corrected chi connectivity index (χ3v) is 3.58. The van der Waals surface area contributed by atoms with Crippen LogP contribution in [0.15, 0.2) is 60.9 Å². The van der Waals surface area contributed by atoms with E-state index in [9.17, 15) is 9.59 Å². The summed E-state index contributed by atoms with van der Waals surface area (Å²) in [7, 11) is 0. The van der Waals surface area contributed by atoms with E-state index in [1.807, 2.05) is 0 Å². The number of hydrogen-bond donors (Lipinski definition) is 0. The van der Waals surface area contributed by atoms with Crippen molar-refractivity contribution in [1.29, 1.82) is 0 Å². The monoisotopic (exact) mass is 439 g/mol. The van der Waals surface area contributed by atoms with Crippen molar-refractivity contribution in [2.45, 2.75) is 0 Å². The Hall–Kier alpha value is -2.26. The highest BCUT2D eigenvalue weighted by molar-refractivity contribution is 9.10. The smallest absolute Gasteiger partial charge is 0.303 e. The summed E-state index contributed by atoms with van der Waals surface area (Å²) in [6.07, 6.45) is 2.85. The van der Waals surface area contributed by atoms with E-state index in [1.54, 1.807) is 18.2 Å². The second-order valence-electron chi connectivity index (χ2n) is 4.20. The Kier molecular flexibility index (Phi) is 4.39. The van der Waals surface area contributed by atoms with Crippen LogP contribution in [0.4, 0.5) is 5.95 Å². The molecule has 3 heterocycles. The van der Waals surface area contributed by atoms with Crippen molar-refractivity contribution < 1.29 is 18.4 Å². The Bertz CT molecular complexity index is 808. The van der Waals surface area contributed by atoms with Crippen molar-refractivity contribution in [1.82, 2.24) is 9.97 Å². The highest BCUT2D eigenvalue weighted by Crippen LogP contribution is 2.22. The summed E-state index contributed by atoms with van der Waals surface area (Å²) < 4.78 is 11.2. The van der Waals surface area contributed by atoms with E-state index in [1.165, 1.54) is 24.5 Å². The van der Waals surface area contributed by atoms with Crippen LogP contribution in [0.25, 0.3) is 0 Å². The van der Waals surface area contributed by atoms with Crippen molar-refractivity contribution in [3.8, 4) is 0 Å². The first kappa shape index (κ1) is 15.6. The number of nitrogens with zero attached hydrogens (tertiary/aromatic N) is 3. The lowest BCUT2D eigenvalue weighted by Gasteiger charge is -2.16. The zero-order valence-electron chi connectivity index (χ0n) is 11.3. The Balaban J connectivity index is 2.04. The molecule has 0 aromatic carbocycles. The fraction of sp³-hybridized carbons (Fsp3) is 0. The van der Waals surface area contributed by atoms with Crippen LogP contribution in [0.2, 0.25) is 0 Å². The number of halogens is 2. The van der Waals surface area contributed by atoms with Crippen LogP contribution in [0.3, 0.4) is 0 Å². The van der Waals surface area contributed by atoms with Gasteiger partial charge in [-0.3, -0.25) is 9.59 Å². The van der Waals surface area contributed by atoms with E-state index in [0.717, 1.165) is 4.90 Å². The van der Waals surface area contributed by atoms with Gasteiger partial charge in [0.05, 0.1) is 0 Å². The van der Waals surface area contributed by atoms with Gasteiger partial charge in [-0.1, -0.05) is 0 Å². The van der Waals surface area contributed by atoms with E-state index in [4.69, 9.17) is 8.83 Å². The molecule has 2 amide bonds. The fourth-order valence-electron chi connectivity index (χ4n) is 1.76. The summed E-state index contributed by atoms with van der Waals surface area (Å²) in [6.45, 7) is 0. The van der Waals surface area contributed by atoms with Gasteiger partial charge in [0.15, 0.2) is 20.9 Å². The molecule has 0 radical (unpaired) electrons. The maximum atomic E-state index is 12.6. The maximum Gasteiger partial charge on any atom is 0.303 e. The number of imide groups is 1. The van der Waals surface area contributed by atoms with Crippen LogP contribution in [0.5, 0.6) is 0 Å². The molecule has 0 bridgehead atoms. The minimum Gasteiger partial charge on any atom is -0.444 e. The van der Waals surface area contributed by atoms with Crippen LogP contribution in [0.1, 0.15) is 21.1 Å². The third-order valence-electron chi connectivity index (χ3n) is 2.73. The zero-order chi connectivity index (χ0) is 16.4. The summed E-state index contributed by atoms with van der Waals surface area (Å²) in [5.74, 6) is -1.58. The summed E-state index contributed by atoms with van der Waals surface area (Å²) in [6, 6.07) is 7.54. The Morgan fingerprint density at radius 3 is 1.74 bits per heavy atom. The first-order chi connectivity index (χ1) is 11.1. The normalized spacial score (nSPS) is 10.5. The topological polar surface area (TPSA) is 89.4 Å². The minimum absolute atomic E-state index is 0.0386. The van der Waals surface area contributed by atoms with Crippen molar-refractivity contribution in [3.63, 3.8) is 0 Å². The molecule has 0 spiro atoms. The third kappa shape index (κ3) is 3.25. The van der Waals surface area contributed by atoms with Gasteiger partial charge >= 0.3 is 11.8 Å². The molecule has 9 heteroatoms. The number of hydrogen-bond acceptors (Lipinski definition) is 6. The van der Waals surface area contributed by atoms with Crippen LogP contribution in [-0.4, -0.2) is 21.8 Å². The van der Waals surface area contributed by atoms with Crippen molar-refractivity contribution in [2.24, 2.45) is 0 Å². The molecular formula is C14H7Br2N3O4. The van der Waals surface area contributed by atoms with Gasteiger partial charge in [0.25, 0.3) is 0 Å². The largest absolute Gasteiger partial charge is 0.444 e. The maximum absolute atomic E-state index is 12.6. The number of aromatic nitrogens is 2. The molecule has 0 atom stereocenters. The molecular weight excluding hydrogens is 434 g/mol. The molecule has 0 aliphatic carbocycles. The fourth-order valence-corrected chi connectivity index (χ4v) is 2.37. The molecule has 0 saturated carbocycles. The lowest BCUT2D eigenvalue weighted by Crippen LogP contribution is -2.38. The van der Waals surface area contributed by atoms with Crippen molar-refractivity contribution in [3.05, 3.63) is 63.6 Å². The Labute approximate surface area is 146 Å². The van der Waals surface area contributed by atoms with Crippen molar-refractivity contribution >= 4 is 49.6 Å². The number of furan rings is 2. The van der Waals surface area contributed by atoms with Gasteiger partial charge in [-0.2, -0.15) is 0 Å². The SMILES string of the molecule is O=C(c1ccc(Br)o1)N(C(=O)c1ccc(Br)o1)c1ncccn1. The molecule has 0 saturated heterocycles. The lowest BCUT2D eigenvalue weighted by molar-refractivity contribution is 0.0863. The molecule has 0 N–H and O–H groups in total. The average molecular weight is 441 g/mol. The first-order valence-electron chi connectivity index (χ1n) is 6.23. The Morgan fingerprint density at radius 1 is 0.870 bits per heavy atom. The highest BCUT2D eigenvalue weighted by atomic mass is 79.9. The number of rotatable bonds is 3. The quantitative estimate of drug-likeness (QED) is 0.577. The number of carbonyl (C=O) groups is 2. The van der Waals surface area contributed by atoms with Gasteiger partial charge in [0, 0.05) is 12.4 Å². The van der Waals surface area contributed by atoms with E-state index in [2.05, 4.69) is 41.8 Å². The summed E-state index contributed by atoms with van der Waals surface area (Å²) in [5, 5.41) is 0. The van der Waals surface area contributed by atoms with Gasteiger partial charge < -0.3 is 8.83 Å². The molecule has 23 heavy (non-hydrogen) atoms. The van der Waals surface area contributed by atoms with Gasteiger partial charge in [-0.25, -0.2) is 14.9 Å². The van der Waals surface area contributed by atoms with Crippen LogP contribution < -0.4 is 4.90 Å². The molecule has 7 nitrogen and oxygen atoms in total. The lowest BCUT2D eigenvalue weighted by atomic mass is 10.3. The number of anilines is 1. The van der Waals surface area contributed by atoms with Crippen LogP contribution in [-0.2, 0) is 0 Å². The first-order valence-corrected chi connectivity index (χ1v) is 7.81. The average Bonchev–Trinajstić information content (AvgIpc) is 3.17. The molecule has 3 rings (SSSR count). The molecule has 0 aliphatic heterocycles. The second-order valence-corrected chi connectivity index (χ2v) is 5.77. The number of amides is 2. The molecule has 0 unspecified atom stereocenters. The van der Waals surface area contributed by atoms with Gasteiger partial charge in [-0.15, -0.1) is 0 Å². The standard InChI is InChI=1S/C14H7Br2N3O4/c15-10-4-2-8(22-10)12(20)19(14-17-6-1-7-18-14)13(21)9-3-5-11(16)23-9/h1-7H. The van der Waals surface area contributed by atoms with E-state index in [0.29, 0.717) is 9.34 Å². The second kappa shape index (κ2) is 6.47. The molecule has 0 fully saturated rings. The van der Waals surface area contributed by atoms with Gasteiger partial charge in [0.2, 0.25) is 5.95 Å². The minimum atomic E-state index is -0.709. The number of carbonyl (C=O) groups excluding carboxylic acids is 2. The van der Waals surface area contributed by atoms with E-state index in [-0.39, 0.29) is 17.5 Å². The summed E-state index contributed by atoms with van der Waals surface area (Å²) in [4.78, 5) is 34.0. The predicted molar refractivity (Wildman–Crippen MR) is 86.0 cm³/mol. The van der Waals surface area contributed by atoms with Crippen LogP contribution in [0, 0.1) is 0 Å². The molecule has 0 aliphatic rings. The van der Waals surface area contributed by atoms with E-state index < -0.39 is 11.8 Å². The molecule has 116 valence electrons. The van der Waals surface area contributed by atoms with Crippen molar-refractivity contribution in [2.75, 3.05) is 4.90 Å². The summed E-state index contributed by atoms with van der Waals surface area (Å²) >= 11 is 6.23. The van der Waals surface area contributed by atoms with Gasteiger partial charge in [-0.05, 0) is 62.2 Å². The van der Waals surface area contributed by atoms with Crippen LogP contribution >= 0.6 is 31.9 Å². The van der Waals surface area contributed by atoms with E-state index >= 15 is 0 Å².